The molecule has 3 heterocycles. The Labute approximate surface area is 170 Å². The lowest BCUT2D eigenvalue weighted by Crippen LogP contribution is -2.28. The highest BCUT2D eigenvalue weighted by Gasteiger charge is 2.35. The Balaban J connectivity index is 1.47. The van der Waals surface area contributed by atoms with E-state index in [1.165, 1.54) is 11.3 Å². The van der Waals surface area contributed by atoms with Crippen LogP contribution >= 0.6 is 22.9 Å². The van der Waals surface area contributed by atoms with Crippen molar-refractivity contribution in [2.24, 2.45) is 5.92 Å². The summed E-state index contributed by atoms with van der Waals surface area (Å²) in [5.41, 5.74) is 1.40. The van der Waals surface area contributed by atoms with Crippen molar-refractivity contribution in [3.05, 3.63) is 46.1 Å². The predicted molar refractivity (Wildman–Crippen MR) is 108 cm³/mol. The highest BCUT2D eigenvalue weighted by molar-refractivity contribution is 7.16. The molecular weight excluding hydrogens is 400 g/mol. The maximum Gasteiger partial charge on any atom is 0.229 e. The van der Waals surface area contributed by atoms with Crippen molar-refractivity contribution in [3.8, 4) is 10.7 Å². The number of benzene rings is 1. The first-order chi connectivity index (χ1) is 13.4. The van der Waals surface area contributed by atoms with Gasteiger partial charge in [0.2, 0.25) is 23.5 Å². The number of nitrogens with zero attached hydrogens (tertiary/aromatic N) is 3. The van der Waals surface area contributed by atoms with E-state index in [-0.39, 0.29) is 18.2 Å². The van der Waals surface area contributed by atoms with Gasteiger partial charge in [0.1, 0.15) is 0 Å². The number of aromatic nitrogens is 2. The van der Waals surface area contributed by atoms with Crippen LogP contribution in [0, 0.1) is 19.8 Å². The molecule has 0 radical (unpaired) electrons. The molecule has 1 saturated heterocycles. The summed E-state index contributed by atoms with van der Waals surface area (Å²) in [5.74, 6) is 0.273. The monoisotopic (exact) mass is 416 g/mol. The minimum Gasteiger partial charge on any atom is -0.339 e. The molecule has 1 atom stereocenters. The molecule has 0 spiro atoms. The topological polar surface area (TPSA) is 88.3 Å². The first-order valence-corrected chi connectivity index (χ1v) is 9.88. The van der Waals surface area contributed by atoms with E-state index in [2.05, 4.69) is 15.5 Å². The molecule has 1 aromatic carbocycles. The van der Waals surface area contributed by atoms with Crippen LogP contribution < -0.4 is 10.2 Å². The lowest BCUT2D eigenvalue weighted by Gasteiger charge is -2.17. The number of nitrogens with one attached hydrogen (secondary N) is 1. The second-order valence-corrected chi connectivity index (χ2v) is 8.28. The van der Waals surface area contributed by atoms with Gasteiger partial charge in [0, 0.05) is 35.5 Å². The molecule has 1 N–H and O–H groups in total. The zero-order valence-electron chi connectivity index (χ0n) is 15.2. The summed E-state index contributed by atoms with van der Waals surface area (Å²) in [5, 5.41) is 7.39. The molecule has 3 aromatic rings. The van der Waals surface area contributed by atoms with Crippen molar-refractivity contribution in [2.45, 2.75) is 20.3 Å². The Morgan fingerprint density at radius 3 is 2.89 bits per heavy atom. The van der Waals surface area contributed by atoms with Gasteiger partial charge in [-0.2, -0.15) is 4.98 Å². The van der Waals surface area contributed by atoms with Crippen LogP contribution in [0.5, 0.6) is 0 Å². The third-order valence-corrected chi connectivity index (χ3v) is 5.82. The SMILES string of the molecule is Cc1nc(-c2cc(NC(=O)[C@@H]3CC(=O)N(c4cccc(Cl)c4)C3)c(C)s2)no1. The quantitative estimate of drug-likeness (QED) is 0.692. The van der Waals surface area contributed by atoms with Gasteiger partial charge < -0.3 is 14.7 Å². The molecule has 0 unspecified atom stereocenters. The van der Waals surface area contributed by atoms with Crippen LogP contribution in [-0.4, -0.2) is 28.5 Å². The lowest BCUT2D eigenvalue weighted by molar-refractivity contribution is -0.122. The molecule has 0 bridgehead atoms. The molecular formula is C19H17ClN4O3S. The average Bonchev–Trinajstić information content (AvgIpc) is 3.34. The van der Waals surface area contributed by atoms with Crippen molar-refractivity contribution >= 4 is 46.1 Å². The third-order valence-electron chi connectivity index (χ3n) is 4.54. The number of aryl methyl sites for hydroxylation is 2. The van der Waals surface area contributed by atoms with Crippen molar-refractivity contribution in [1.82, 2.24) is 10.1 Å². The van der Waals surface area contributed by atoms with Gasteiger partial charge in [-0.15, -0.1) is 11.3 Å². The summed E-state index contributed by atoms with van der Waals surface area (Å²) < 4.78 is 5.01. The maximum atomic E-state index is 12.7. The van der Waals surface area contributed by atoms with Gasteiger partial charge in [0.15, 0.2) is 0 Å². The number of amides is 2. The van der Waals surface area contributed by atoms with E-state index in [0.717, 1.165) is 9.75 Å². The fraction of sp³-hybridized carbons (Fsp3) is 0.263. The molecule has 144 valence electrons. The number of thiophene rings is 1. The van der Waals surface area contributed by atoms with Crippen LogP contribution in [0.2, 0.25) is 5.02 Å². The standard InChI is InChI=1S/C19H17ClN4O3S/c1-10-15(8-16(28-10)18-21-11(2)27-23-18)22-19(26)12-6-17(25)24(9-12)14-5-3-4-13(20)7-14/h3-5,7-8,12H,6,9H2,1-2H3,(H,22,26)/t12-/m1/s1. The normalized spacial score (nSPS) is 16.6. The molecule has 0 aliphatic carbocycles. The second-order valence-electron chi connectivity index (χ2n) is 6.59. The molecule has 28 heavy (non-hydrogen) atoms. The Kier molecular flexibility index (Phi) is 4.91. The van der Waals surface area contributed by atoms with Crippen LogP contribution in [0.1, 0.15) is 17.2 Å². The zero-order chi connectivity index (χ0) is 19.8. The van der Waals surface area contributed by atoms with Crippen molar-refractivity contribution in [3.63, 3.8) is 0 Å². The van der Waals surface area contributed by atoms with Gasteiger partial charge >= 0.3 is 0 Å². The minimum absolute atomic E-state index is 0.0904. The summed E-state index contributed by atoms with van der Waals surface area (Å²) >= 11 is 7.49. The van der Waals surface area contributed by atoms with Gasteiger partial charge in [-0.05, 0) is 31.2 Å². The van der Waals surface area contributed by atoms with E-state index >= 15 is 0 Å². The Morgan fingerprint density at radius 2 is 2.18 bits per heavy atom. The van der Waals surface area contributed by atoms with Crippen molar-refractivity contribution in [2.75, 3.05) is 16.8 Å². The Bertz CT molecular complexity index is 1060. The van der Waals surface area contributed by atoms with E-state index in [1.807, 2.05) is 19.1 Å². The lowest BCUT2D eigenvalue weighted by atomic mass is 10.1. The molecule has 0 saturated carbocycles. The van der Waals surface area contributed by atoms with Gasteiger partial charge in [-0.25, -0.2) is 0 Å². The number of rotatable bonds is 4. The van der Waals surface area contributed by atoms with Gasteiger partial charge in [-0.3, -0.25) is 9.59 Å². The van der Waals surface area contributed by atoms with E-state index < -0.39 is 5.92 Å². The predicted octanol–water partition coefficient (Wildman–Crippen LogP) is 4.06. The number of hydrogen-bond acceptors (Lipinski definition) is 6. The van der Waals surface area contributed by atoms with Crippen LogP contribution in [-0.2, 0) is 9.59 Å². The van der Waals surface area contributed by atoms with Gasteiger partial charge in [0.25, 0.3) is 0 Å². The fourth-order valence-corrected chi connectivity index (χ4v) is 4.21. The average molecular weight is 417 g/mol. The minimum atomic E-state index is -0.429. The summed E-state index contributed by atoms with van der Waals surface area (Å²) in [4.78, 5) is 32.7. The molecule has 9 heteroatoms. The Hall–Kier alpha value is -2.71. The second kappa shape index (κ2) is 7.37. The smallest absolute Gasteiger partial charge is 0.229 e. The molecule has 2 amide bonds. The molecule has 4 rings (SSSR count). The highest BCUT2D eigenvalue weighted by Crippen LogP contribution is 2.34. The number of anilines is 2. The highest BCUT2D eigenvalue weighted by atomic mass is 35.5. The zero-order valence-corrected chi connectivity index (χ0v) is 16.8. The molecule has 2 aromatic heterocycles. The Morgan fingerprint density at radius 1 is 1.36 bits per heavy atom. The first-order valence-electron chi connectivity index (χ1n) is 8.68. The summed E-state index contributed by atoms with van der Waals surface area (Å²) in [7, 11) is 0. The third kappa shape index (κ3) is 3.65. The van der Waals surface area contributed by atoms with Gasteiger partial charge in [-0.1, -0.05) is 22.8 Å². The summed E-state index contributed by atoms with van der Waals surface area (Å²) in [6, 6.07) is 8.90. The number of halogens is 1. The van der Waals surface area contributed by atoms with Crippen molar-refractivity contribution < 1.29 is 14.1 Å². The van der Waals surface area contributed by atoms with Gasteiger partial charge in [0.05, 0.1) is 16.5 Å². The van der Waals surface area contributed by atoms with E-state index in [1.54, 1.807) is 30.0 Å². The van der Waals surface area contributed by atoms with Crippen LogP contribution in [0.4, 0.5) is 11.4 Å². The molecule has 1 fully saturated rings. The number of carbonyl (C=O) groups is 2. The number of carbonyl (C=O) groups excluding carboxylic acids is 2. The van der Waals surface area contributed by atoms with E-state index in [0.29, 0.717) is 34.7 Å². The van der Waals surface area contributed by atoms with Crippen LogP contribution in [0.15, 0.2) is 34.9 Å². The van der Waals surface area contributed by atoms with E-state index in [4.69, 9.17) is 16.1 Å². The van der Waals surface area contributed by atoms with Crippen LogP contribution in [0.3, 0.4) is 0 Å². The van der Waals surface area contributed by atoms with Crippen LogP contribution in [0.25, 0.3) is 10.7 Å². The first kappa shape index (κ1) is 18.6. The number of hydrogen-bond donors (Lipinski definition) is 1. The van der Waals surface area contributed by atoms with Crippen molar-refractivity contribution in [1.29, 1.82) is 0 Å². The summed E-state index contributed by atoms with van der Waals surface area (Å²) in [6.45, 7) is 3.96. The fourth-order valence-electron chi connectivity index (χ4n) is 3.13. The molecule has 1 aliphatic heterocycles. The molecule has 1 aliphatic rings. The summed E-state index contributed by atoms with van der Waals surface area (Å²) in [6.07, 6.45) is 0.165. The maximum absolute atomic E-state index is 12.7. The largest absolute Gasteiger partial charge is 0.339 e. The van der Waals surface area contributed by atoms with E-state index in [9.17, 15) is 9.59 Å². The molecule has 7 nitrogen and oxygen atoms in total.